The summed E-state index contributed by atoms with van der Waals surface area (Å²) in [5, 5.41) is 12.6. The molecule has 2 heterocycles. The first-order chi connectivity index (χ1) is 14.2. The number of nitrogens with zero attached hydrogens (tertiary/aromatic N) is 1. The van der Waals surface area contributed by atoms with Gasteiger partial charge in [-0.05, 0) is 30.5 Å². The van der Waals surface area contributed by atoms with Crippen LogP contribution < -0.4 is 4.90 Å². The maximum atomic E-state index is 13.5. The maximum absolute atomic E-state index is 13.5. The standard InChI is InChI=1S/C25H22N2O2/c28-24-25(29,21-17-26-22-14-6-4-12-19(21)22)20-13-5-7-15-23(20)27(24)16-8-11-18-9-2-1-3-10-18/h1-7,9-10,12-15,17,26,29H,8,11,16H2/t25-/m1/s1. The Morgan fingerprint density at radius 3 is 2.45 bits per heavy atom. The minimum Gasteiger partial charge on any atom is -0.372 e. The van der Waals surface area contributed by atoms with Gasteiger partial charge in [0, 0.05) is 34.8 Å². The molecule has 1 atom stereocenters. The number of fused-ring (bicyclic) bond motifs is 2. The van der Waals surface area contributed by atoms with Gasteiger partial charge in [0.25, 0.3) is 5.91 Å². The molecule has 0 bridgehead atoms. The second kappa shape index (κ2) is 6.90. The number of nitrogens with one attached hydrogen (secondary N) is 1. The Hall–Kier alpha value is -3.37. The highest BCUT2D eigenvalue weighted by Crippen LogP contribution is 2.46. The summed E-state index contributed by atoms with van der Waals surface area (Å²) in [7, 11) is 0. The van der Waals surface area contributed by atoms with Crippen LogP contribution in [0.4, 0.5) is 5.69 Å². The molecule has 0 saturated heterocycles. The number of amides is 1. The summed E-state index contributed by atoms with van der Waals surface area (Å²) >= 11 is 0. The lowest BCUT2D eigenvalue weighted by Gasteiger charge is -2.23. The van der Waals surface area contributed by atoms with Crippen LogP contribution in [0.5, 0.6) is 0 Å². The van der Waals surface area contributed by atoms with Gasteiger partial charge < -0.3 is 15.0 Å². The number of aryl methyl sites for hydroxylation is 1. The van der Waals surface area contributed by atoms with Gasteiger partial charge in [-0.15, -0.1) is 0 Å². The van der Waals surface area contributed by atoms with Crippen molar-refractivity contribution >= 4 is 22.5 Å². The van der Waals surface area contributed by atoms with Crippen molar-refractivity contribution in [2.24, 2.45) is 0 Å². The summed E-state index contributed by atoms with van der Waals surface area (Å²) in [6.07, 6.45) is 3.47. The molecule has 0 spiro atoms. The molecule has 0 saturated carbocycles. The summed E-state index contributed by atoms with van der Waals surface area (Å²) in [6, 6.07) is 25.6. The van der Waals surface area contributed by atoms with E-state index in [4.69, 9.17) is 0 Å². The first-order valence-electron chi connectivity index (χ1n) is 9.94. The average molecular weight is 382 g/mol. The molecular formula is C25H22N2O2. The molecular weight excluding hydrogens is 360 g/mol. The Morgan fingerprint density at radius 1 is 0.862 bits per heavy atom. The van der Waals surface area contributed by atoms with Crippen LogP contribution in [0.25, 0.3) is 10.9 Å². The van der Waals surface area contributed by atoms with E-state index in [1.165, 1.54) is 5.56 Å². The van der Waals surface area contributed by atoms with E-state index in [1.54, 1.807) is 11.1 Å². The van der Waals surface area contributed by atoms with Crippen LogP contribution in [0.3, 0.4) is 0 Å². The van der Waals surface area contributed by atoms with Crippen molar-refractivity contribution in [3.8, 4) is 0 Å². The molecule has 0 fully saturated rings. The molecule has 4 aromatic rings. The van der Waals surface area contributed by atoms with E-state index in [9.17, 15) is 9.90 Å². The molecule has 5 rings (SSSR count). The SMILES string of the molecule is O=C1N(CCCc2ccccc2)c2ccccc2[C@@]1(O)c1c[nH]c2ccccc12. The van der Waals surface area contributed by atoms with Crippen LogP contribution in [0, 0.1) is 0 Å². The zero-order valence-corrected chi connectivity index (χ0v) is 16.0. The van der Waals surface area contributed by atoms with Gasteiger partial charge in [0.15, 0.2) is 5.60 Å². The molecule has 0 aliphatic carbocycles. The van der Waals surface area contributed by atoms with Crippen molar-refractivity contribution in [2.75, 3.05) is 11.4 Å². The van der Waals surface area contributed by atoms with E-state index in [-0.39, 0.29) is 5.91 Å². The van der Waals surface area contributed by atoms with Crippen molar-refractivity contribution in [2.45, 2.75) is 18.4 Å². The zero-order valence-electron chi connectivity index (χ0n) is 16.0. The van der Waals surface area contributed by atoms with Crippen LogP contribution in [0.1, 0.15) is 23.1 Å². The highest BCUT2D eigenvalue weighted by atomic mass is 16.3. The lowest BCUT2D eigenvalue weighted by atomic mass is 9.87. The Labute approximate surface area is 169 Å². The normalized spacial score (nSPS) is 18.4. The number of H-pyrrole nitrogens is 1. The van der Waals surface area contributed by atoms with E-state index in [0.717, 1.165) is 29.4 Å². The molecule has 4 heteroatoms. The van der Waals surface area contributed by atoms with Gasteiger partial charge in [0.2, 0.25) is 0 Å². The largest absolute Gasteiger partial charge is 0.372 e. The number of hydrogen-bond donors (Lipinski definition) is 2. The second-order valence-corrected chi connectivity index (χ2v) is 7.52. The van der Waals surface area contributed by atoms with Gasteiger partial charge in [-0.25, -0.2) is 0 Å². The molecule has 0 radical (unpaired) electrons. The number of para-hydroxylation sites is 2. The monoisotopic (exact) mass is 382 g/mol. The number of benzene rings is 3. The molecule has 144 valence electrons. The molecule has 1 aromatic heterocycles. The first-order valence-corrected chi connectivity index (χ1v) is 9.94. The van der Waals surface area contributed by atoms with Crippen LogP contribution in [-0.2, 0) is 16.8 Å². The quantitative estimate of drug-likeness (QED) is 0.538. The zero-order chi connectivity index (χ0) is 19.8. The molecule has 29 heavy (non-hydrogen) atoms. The smallest absolute Gasteiger partial charge is 0.268 e. The number of carbonyl (C=O) groups excluding carboxylic acids is 1. The van der Waals surface area contributed by atoms with Crippen molar-refractivity contribution in [1.29, 1.82) is 0 Å². The van der Waals surface area contributed by atoms with Gasteiger partial charge in [0.1, 0.15) is 0 Å². The number of rotatable bonds is 5. The minimum absolute atomic E-state index is 0.281. The fourth-order valence-electron chi connectivity index (χ4n) is 4.37. The number of aromatic amines is 1. The number of anilines is 1. The molecule has 1 amide bonds. The van der Waals surface area contributed by atoms with Crippen molar-refractivity contribution in [1.82, 2.24) is 4.98 Å². The fraction of sp³-hybridized carbons (Fsp3) is 0.160. The summed E-state index contributed by atoms with van der Waals surface area (Å²) in [5.74, 6) is -0.281. The number of hydrogen-bond acceptors (Lipinski definition) is 2. The van der Waals surface area contributed by atoms with Crippen molar-refractivity contribution in [3.05, 3.63) is 102 Å². The van der Waals surface area contributed by atoms with Crippen LogP contribution in [-0.4, -0.2) is 22.5 Å². The van der Waals surface area contributed by atoms with Crippen LogP contribution in [0.15, 0.2) is 85.1 Å². The molecule has 3 aromatic carbocycles. The molecule has 1 aliphatic rings. The highest BCUT2D eigenvalue weighted by Gasteiger charge is 2.51. The third-order valence-corrected chi connectivity index (χ3v) is 5.81. The number of carbonyl (C=O) groups is 1. The Bertz CT molecular complexity index is 1180. The second-order valence-electron chi connectivity index (χ2n) is 7.52. The van der Waals surface area contributed by atoms with E-state index in [2.05, 4.69) is 17.1 Å². The summed E-state index contributed by atoms with van der Waals surface area (Å²) in [5.41, 5.74) is 2.52. The first kappa shape index (κ1) is 17.7. The predicted molar refractivity (Wildman–Crippen MR) is 115 cm³/mol. The third kappa shape index (κ3) is 2.76. The summed E-state index contributed by atoms with van der Waals surface area (Å²) in [4.78, 5) is 18.5. The van der Waals surface area contributed by atoms with Gasteiger partial charge in [0.05, 0.1) is 5.69 Å². The lowest BCUT2D eigenvalue weighted by molar-refractivity contribution is -0.132. The maximum Gasteiger partial charge on any atom is 0.268 e. The van der Waals surface area contributed by atoms with E-state index < -0.39 is 5.60 Å². The van der Waals surface area contributed by atoms with Gasteiger partial charge in [-0.3, -0.25) is 4.79 Å². The third-order valence-electron chi connectivity index (χ3n) is 5.81. The van der Waals surface area contributed by atoms with Crippen LogP contribution in [0.2, 0.25) is 0 Å². The van der Waals surface area contributed by atoms with Gasteiger partial charge >= 0.3 is 0 Å². The Kier molecular flexibility index (Phi) is 4.22. The molecule has 1 aliphatic heterocycles. The average Bonchev–Trinajstić information content (AvgIpc) is 3.29. The Balaban J connectivity index is 1.50. The minimum atomic E-state index is -1.68. The summed E-state index contributed by atoms with van der Waals surface area (Å²) in [6.45, 7) is 0.565. The Morgan fingerprint density at radius 2 is 1.59 bits per heavy atom. The van der Waals surface area contributed by atoms with Gasteiger partial charge in [-0.1, -0.05) is 66.7 Å². The van der Waals surface area contributed by atoms with Crippen molar-refractivity contribution in [3.63, 3.8) is 0 Å². The van der Waals surface area contributed by atoms with Crippen LogP contribution >= 0.6 is 0 Å². The molecule has 2 N–H and O–H groups in total. The lowest BCUT2D eigenvalue weighted by Crippen LogP contribution is -2.41. The van der Waals surface area contributed by atoms with Gasteiger partial charge in [-0.2, -0.15) is 0 Å². The highest BCUT2D eigenvalue weighted by molar-refractivity contribution is 6.11. The van der Waals surface area contributed by atoms with E-state index >= 15 is 0 Å². The fourth-order valence-corrected chi connectivity index (χ4v) is 4.37. The molecule has 4 nitrogen and oxygen atoms in total. The van der Waals surface area contributed by atoms with E-state index in [1.807, 2.05) is 66.7 Å². The summed E-state index contributed by atoms with van der Waals surface area (Å²) < 4.78 is 0. The number of aromatic nitrogens is 1. The number of aliphatic hydroxyl groups is 1. The topological polar surface area (TPSA) is 56.3 Å². The molecule has 0 unspecified atom stereocenters. The predicted octanol–water partition coefficient (Wildman–Crippen LogP) is 4.38. The van der Waals surface area contributed by atoms with E-state index in [0.29, 0.717) is 17.7 Å². The van der Waals surface area contributed by atoms with Crippen molar-refractivity contribution < 1.29 is 9.90 Å².